The number of carbonyl (C=O) groups is 1. The van der Waals surface area contributed by atoms with E-state index in [-0.39, 0.29) is 11.7 Å². The lowest BCUT2D eigenvalue weighted by molar-refractivity contribution is -0.121. The van der Waals surface area contributed by atoms with E-state index in [9.17, 15) is 9.90 Å². The van der Waals surface area contributed by atoms with Gasteiger partial charge < -0.3 is 15.2 Å². The number of methoxy groups -OCH3 is 1. The van der Waals surface area contributed by atoms with E-state index in [1.54, 1.807) is 19.1 Å². The Hall–Kier alpha value is -2.54. The van der Waals surface area contributed by atoms with Crippen LogP contribution < -0.4 is 15.5 Å². The molecule has 1 atom stereocenters. The third-order valence-electron chi connectivity index (χ3n) is 3.46. The number of hydrogen-bond donors (Lipinski definition) is 3. The highest BCUT2D eigenvalue weighted by atomic mass is 79.9. The summed E-state index contributed by atoms with van der Waals surface area (Å²) in [6.07, 6.45) is 1.36. The van der Waals surface area contributed by atoms with E-state index in [0.717, 1.165) is 15.7 Å². The highest BCUT2D eigenvalue weighted by molar-refractivity contribution is 9.10. The molecular weight excluding hydrogens is 386 g/mol. The Kier molecular flexibility index (Phi) is 6.41. The van der Waals surface area contributed by atoms with Gasteiger partial charge in [-0.1, -0.05) is 28.1 Å². The van der Waals surface area contributed by atoms with Gasteiger partial charge in [0.1, 0.15) is 6.04 Å². The number of anilines is 1. The molecule has 0 spiro atoms. The minimum Gasteiger partial charge on any atom is -0.504 e. The number of ether oxygens (including phenoxy) is 1. The van der Waals surface area contributed by atoms with E-state index in [0.29, 0.717) is 11.3 Å². The molecule has 2 rings (SSSR count). The SMILES string of the molecule is COc1cc(Br)cc(/C=N/NC(=O)C(C)Nc2cccc(C)c2)c1O. The average molecular weight is 406 g/mol. The minimum atomic E-state index is -0.468. The first-order valence-corrected chi connectivity index (χ1v) is 8.42. The summed E-state index contributed by atoms with van der Waals surface area (Å²) in [5, 5.41) is 17.1. The topological polar surface area (TPSA) is 83.0 Å². The van der Waals surface area contributed by atoms with Crippen molar-refractivity contribution in [1.82, 2.24) is 5.43 Å². The van der Waals surface area contributed by atoms with Gasteiger partial charge in [0.2, 0.25) is 0 Å². The van der Waals surface area contributed by atoms with Crippen LogP contribution in [-0.4, -0.2) is 30.4 Å². The van der Waals surface area contributed by atoms with E-state index in [1.165, 1.54) is 13.3 Å². The molecule has 0 bridgehead atoms. The molecular formula is C18H20BrN3O3. The van der Waals surface area contributed by atoms with Gasteiger partial charge in [-0.05, 0) is 43.7 Å². The molecule has 0 heterocycles. The van der Waals surface area contributed by atoms with Crippen molar-refractivity contribution in [2.45, 2.75) is 19.9 Å². The maximum Gasteiger partial charge on any atom is 0.262 e. The number of amides is 1. The van der Waals surface area contributed by atoms with Crippen LogP contribution in [0.2, 0.25) is 0 Å². The summed E-state index contributed by atoms with van der Waals surface area (Å²) in [5.41, 5.74) is 4.84. The van der Waals surface area contributed by atoms with Gasteiger partial charge in [0, 0.05) is 15.7 Å². The molecule has 0 aliphatic rings. The fraction of sp³-hybridized carbons (Fsp3) is 0.222. The number of rotatable bonds is 6. The number of carbonyl (C=O) groups excluding carboxylic acids is 1. The Bertz CT molecular complexity index is 793. The lowest BCUT2D eigenvalue weighted by Crippen LogP contribution is -2.34. The standard InChI is InChI=1S/C18H20BrN3O3/c1-11-5-4-6-15(7-11)21-12(2)18(24)22-20-10-13-8-14(19)9-16(25-3)17(13)23/h4-10,12,21,23H,1-3H3,(H,22,24)/b20-10+. The van der Waals surface area contributed by atoms with Gasteiger partial charge in [0.25, 0.3) is 5.91 Å². The molecule has 0 fully saturated rings. The number of hydrogen-bond acceptors (Lipinski definition) is 5. The predicted molar refractivity (Wildman–Crippen MR) is 102 cm³/mol. The fourth-order valence-corrected chi connectivity index (χ4v) is 2.62. The van der Waals surface area contributed by atoms with Gasteiger partial charge in [-0.25, -0.2) is 5.43 Å². The first kappa shape index (κ1) is 18.8. The second kappa shape index (κ2) is 8.53. The molecule has 0 aliphatic carbocycles. The number of nitrogens with one attached hydrogen (secondary N) is 2. The molecule has 0 aliphatic heterocycles. The van der Waals surface area contributed by atoms with Crippen molar-refractivity contribution in [3.8, 4) is 11.5 Å². The van der Waals surface area contributed by atoms with Crippen LogP contribution >= 0.6 is 15.9 Å². The lowest BCUT2D eigenvalue weighted by atomic mass is 10.2. The van der Waals surface area contributed by atoms with Crippen LogP contribution in [0, 0.1) is 6.92 Å². The van der Waals surface area contributed by atoms with Gasteiger partial charge in [-0.3, -0.25) is 4.79 Å². The van der Waals surface area contributed by atoms with Crippen molar-refractivity contribution in [2.75, 3.05) is 12.4 Å². The number of halogens is 1. The van der Waals surface area contributed by atoms with Gasteiger partial charge in [-0.2, -0.15) is 5.10 Å². The predicted octanol–water partition coefficient (Wildman–Crippen LogP) is 3.42. The summed E-state index contributed by atoms with van der Waals surface area (Å²) in [6, 6.07) is 10.6. The van der Waals surface area contributed by atoms with Crippen LogP contribution in [0.15, 0.2) is 46.0 Å². The molecule has 2 aromatic carbocycles. The quantitative estimate of drug-likeness (QED) is 0.507. The molecule has 0 saturated heterocycles. The summed E-state index contributed by atoms with van der Waals surface area (Å²) in [6.45, 7) is 3.73. The largest absolute Gasteiger partial charge is 0.504 e. The van der Waals surface area contributed by atoms with Gasteiger partial charge >= 0.3 is 0 Å². The molecule has 25 heavy (non-hydrogen) atoms. The zero-order valence-electron chi connectivity index (χ0n) is 14.2. The van der Waals surface area contributed by atoms with Gasteiger partial charge in [0.15, 0.2) is 11.5 Å². The molecule has 132 valence electrons. The zero-order valence-corrected chi connectivity index (χ0v) is 15.8. The molecule has 1 unspecified atom stereocenters. The first-order valence-electron chi connectivity index (χ1n) is 7.63. The highest BCUT2D eigenvalue weighted by Gasteiger charge is 2.12. The highest BCUT2D eigenvalue weighted by Crippen LogP contribution is 2.32. The molecule has 0 saturated carbocycles. The van der Waals surface area contributed by atoms with Crippen molar-refractivity contribution in [2.24, 2.45) is 5.10 Å². The Morgan fingerprint density at radius 3 is 2.80 bits per heavy atom. The van der Waals surface area contributed by atoms with Crippen LogP contribution in [0.3, 0.4) is 0 Å². The Morgan fingerprint density at radius 2 is 2.12 bits per heavy atom. The van der Waals surface area contributed by atoms with Crippen molar-refractivity contribution >= 4 is 33.7 Å². The third-order valence-corrected chi connectivity index (χ3v) is 3.92. The van der Waals surface area contributed by atoms with Gasteiger partial charge in [0.05, 0.1) is 13.3 Å². The smallest absolute Gasteiger partial charge is 0.262 e. The molecule has 1 amide bonds. The van der Waals surface area contributed by atoms with Crippen LogP contribution in [0.1, 0.15) is 18.1 Å². The molecule has 0 aromatic heterocycles. The number of benzene rings is 2. The lowest BCUT2D eigenvalue weighted by Gasteiger charge is -2.13. The van der Waals surface area contributed by atoms with Crippen molar-refractivity contribution in [3.05, 3.63) is 52.0 Å². The Balaban J connectivity index is 1.99. The normalized spacial score (nSPS) is 12.0. The Morgan fingerprint density at radius 1 is 1.36 bits per heavy atom. The summed E-state index contributed by atoms with van der Waals surface area (Å²) in [4.78, 5) is 12.1. The van der Waals surface area contributed by atoms with E-state index in [1.807, 2.05) is 31.2 Å². The summed E-state index contributed by atoms with van der Waals surface area (Å²) >= 11 is 3.32. The minimum absolute atomic E-state index is 0.0466. The van der Waals surface area contributed by atoms with E-state index in [2.05, 4.69) is 31.8 Å². The van der Waals surface area contributed by atoms with Crippen LogP contribution in [0.4, 0.5) is 5.69 Å². The van der Waals surface area contributed by atoms with E-state index in [4.69, 9.17) is 4.74 Å². The number of phenols is 1. The van der Waals surface area contributed by atoms with Crippen LogP contribution in [-0.2, 0) is 4.79 Å². The number of aryl methyl sites for hydroxylation is 1. The molecule has 0 radical (unpaired) electrons. The second-order valence-electron chi connectivity index (χ2n) is 5.52. The number of phenolic OH excluding ortho intramolecular Hbond substituents is 1. The van der Waals surface area contributed by atoms with Gasteiger partial charge in [-0.15, -0.1) is 0 Å². The molecule has 2 aromatic rings. The monoisotopic (exact) mass is 405 g/mol. The van der Waals surface area contributed by atoms with Crippen LogP contribution in [0.5, 0.6) is 11.5 Å². The fourth-order valence-electron chi connectivity index (χ4n) is 2.16. The van der Waals surface area contributed by atoms with Crippen molar-refractivity contribution < 1.29 is 14.6 Å². The second-order valence-corrected chi connectivity index (χ2v) is 6.43. The first-order chi connectivity index (χ1) is 11.9. The summed E-state index contributed by atoms with van der Waals surface area (Å²) in [5.74, 6) is -0.0227. The average Bonchev–Trinajstić information content (AvgIpc) is 2.57. The number of aromatic hydroxyl groups is 1. The van der Waals surface area contributed by atoms with E-state index < -0.39 is 6.04 Å². The van der Waals surface area contributed by atoms with Crippen molar-refractivity contribution in [1.29, 1.82) is 0 Å². The van der Waals surface area contributed by atoms with Crippen LogP contribution in [0.25, 0.3) is 0 Å². The number of hydrazone groups is 1. The maximum absolute atomic E-state index is 12.1. The maximum atomic E-state index is 12.1. The number of nitrogens with zero attached hydrogens (tertiary/aromatic N) is 1. The summed E-state index contributed by atoms with van der Waals surface area (Å²) in [7, 11) is 1.46. The van der Waals surface area contributed by atoms with Crippen molar-refractivity contribution in [3.63, 3.8) is 0 Å². The zero-order chi connectivity index (χ0) is 18.4. The molecule has 3 N–H and O–H groups in total. The summed E-state index contributed by atoms with van der Waals surface area (Å²) < 4.78 is 5.80. The third kappa shape index (κ3) is 5.22. The molecule has 6 nitrogen and oxygen atoms in total. The van der Waals surface area contributed by atoms with E-state index >= 15 is 0 Å². The Labute approximate surface area is 155 Å². The molecule has 7 heteroatoms.